The molecule has 30 heteroatoms. The fraction of sp³-hybridized carbons (Fsp3) is 0.552. The van der Waals surface area contributed by atoms with Crippen LogP contribution in [0.5, 0.6) is 5.75 Å². The standard InChI is InChI=1S/C58H81F2IN16O11/c1-62-34-46-31-58(59,60)40-77(46)53(80)35-64-57(87)48-12-16-63-50-10-9-47(30-49(48)50)88-29-3-2-4-42-14-19-76(20-15-42)52(79)13-18-65-68-33-45(11-17-66-69-41-70-67-32-43-5-7-44(61)8-6-43)71-51(78)36-72-21-23-73(37-54(81)82)25-27-75(39-56(85)86)28-26-74(24-22-72)38-55(83)84/h5-10,12,16-17,30,32-34,42,45-46,65,69-70H,2-4,11,13-15,18-29,31,35-41H2,1H3,(H,64,87)(H,71,78)(H,81,82)(H,83,84)(H,85,86)/b62-34+,66-17+,67-32+,68-33-/t45-,46+/m0/s1. The summed E-state index contributed by atoms with van der Waals surface area (Å²) in [6.45, 7) is 1.93. The molecular weight excluding hydrogens is 1260 g/mol. The molecule has 3 aromatic rings. The van der Waals surface area contributed by atoms with Gasteiger partial charge in [-0.3, -0.25) is 74.0 Å². The minimum Gasteiger partial charge on any atom is -0.494 e. The van der Waals surface area contributed by atoms with E-state index in [0.717, 1.165) is 46.1 Å². The molecule has 1 aromatic heterocycles. The number of hydrazone groups is 3. The summed E-state index contributed by atoms with van der Waals surface area (Å²) in [6, 6.07) is 13.1. The largest absolute Gasteiger partial charge is 0.494 e. The molecule has 2 atom stereocenters. The topological polar surface area (TPSA) is 331 Å². The number of ether oxygens (including phenoxy) is 1. The van der Waals surface area contributed by atoms with E-state index in [0.29, 0.717) is 42.3 Å². The molecule has 0 unspecified atom stereocenters. The van der Waals surface area contributed by atoms with Gasteiger partial charge in [0.15, 0.2) is 0 Å². The van der Waals surface area contributed by atoms with E-state index in [1.165, 1.54) is 31.7 Å². The van der Waals surface area contributed by atoms with Gasteiger partial charge in [0.1, 0.15) is 12.4 Å². The first-order valence-corrected chi connectivity index (χ1v) is 30.4. The van der Waals surface area contributed by atoms with Crippen LogP contribution >= 0.6 is 22.6 Å². The maximum atomic E-state index is 14.1. The number of amides is 4. The number of piperidine rings is 1. The molecule has 3 aliphatic rings. The second-order valence-electron chi connectivity index (χ2n) is 21.7. The van der Waals surface area contributed by atoms with Gasteiger partial charge in [0, 0.05) is 132 Å². The normalized spacial score (nSPS) is 18.3. The molecule has 480 valence electrons. The molecule has 4 amide bonds. The number of rotatable bonds is 31. The maximum absolute atomic E-state index is 14.1. The van der Waals surface area contributed by atoms with Crippen molar-refractivity contribution in [1.82, 2.24) is 61.3 Å². The third-order valence-corrected chi connectivity index (χ3v) is 15.7. The zero-order valence-electron chi connectivity index (χ0n) is 49.5. The summed E-state index contributed by atoms with van der Waals surface area (Å²) < 4.78 is 35.4. The highest BCUT2D eigenvalue weighted by Gasteiger charge is 2.46. The SMILES string of the molecule is C/N=C/[C@H]1CC(F)(F)CN1C(=O)CNC(=O)c1ccnc2ccc(OCCCCC3CCN(C(=O)CCN/N=C\[C@H](C/C=N/NCN/N=C/c4ccc(I)cc4)NC(=O)CN4CCN(CC(=O)O)CCN(CC(=O)O)CCN(CC(=O)O)CC4)CC3)cc12. The third kappa shape index (κ3) is 25.3. The van der Waals surface area contributed by atoms with E-state index in [1.807, 2.05) is 34.1 Å². The minimum atomic E-state index is -3.04. The Labute approximate surface area is 523 Å². The smallest absolute Gasteiger partial charge is 0.317 e. The van der Waals surface area contributed by atoms with Gasteiger partial charge >= 0.3 is 17.9 Å². The predicted octanol–water partition coefficient (Wildman–Crippen LogP) is 1.77. The number of unbranched alkanes of at least 4 members (excludes halogenated alkanes) is 1. The Kier molecular flexibility index (Phi) is 29.0. The van der Waals surface area contributed by atoms with Gasteiger partial charge in [0.05, 0.1) is 75.3 Å². The molecule has 0 radical (unpaired) electrons. The van der Waals surface area contributed by atoms with Crippen LogP contribution in [0.2, 0.25) is 0 Å². The van der Waals surface area contributed by atoms with Gasteiger partial charge in [-0.25, -0.2) is 8.78 Å². The molecule has 6 rings (SSSR count). The summed E-state index contributed by atoms with van der Waals surface area (Å²) in [4.78, 5) is 106. The van der Waals surface area contributed by atoms with Crippen molar-refractivity contribution in [2.45, 2.75) is 69.4 Å². The Hall–Kier alpha value is -7.55. The number of likely N-dealkylation sites (tertiary alicyclic amines) is 2. The van der Waals surface area contributed by atoms with Crippen molar-refractivity contribution in [2.75, 3.05) is 132 Å². The number of benzene rings is 2. The number of nitrogens with zero attached hydrogens (tertiary/aromatic N) is 11. The first-order valence-electron chi connectivity index (χ1n) is 29.4. The van der Waals surface area contributed by atoms with Crippen molar-refractivity contribution >= 4 is 99.9 Å². The number of hydrogen-bond donors (Lipinski definition) is 8. The molecule has 0 saturated carbocycles. The highest BCUT2D eigenvalue weighted by molar-refractivity contribution is 14.1. The zero-order chi connectivity index (χ0) is 63.3. The van der Waals surface area contributed by atoms with Gasteiger partial charge in [-0.1, -0.05) is 18.6 Å². The van der Waals surface area contributed by atoms with Crippen molar-refractivity contribution in [3.05, 3.63) is 69.4 Å². The van der Waals surface area contributed by atoms with E-state index < -0.39 is 67.2 Å². The van der Waals surface area contributed by atoms with Crippen molar-refractivity contribution in [1.29, 1.82) is 0 Å². The van der Waals surface area contributed by atoms with E-state index in [9.17, 15) is 57.7 Å². The highest BCUT2D eigenvalue weighted by Crippen LogP contribution is 2.31. The molecule has 4 heterocycles. The van der Waals surface area contributed by atoms with E-state index in [-0.39, 0.29) is 122 Å². The average Bonchev–Trinajstić information content (AvgIpc) is 1.79. The van der Waals surface area contributed by atoms with Crippen molar-refractivity contribution in [3.63, 3.8) is 0 Å². The molecule has 8 N–H and O–H groups in total. The molecule has 88 heavy (non-hydrogen) atoms. The number of hydrogen-bond acceptors (Lipinski definition) is 20. The molecule has 0 spiro atoms. The third-order valence-electron chi connectivity index (χ3n) is 14.9. The Balaban J connectivity index is 0.940. The monoisotopic (exact) mass is 1340 g/mol. The van der Waals surface area contributed by atoms with Crippen LogP contribution in [0.4, 0.5) is 8.78 Å². The number of carbonyl (C=O) groups is 7. The Morgan fingerprint density at radius 1 is 0.773 bits per heavy atom. The highest BCUT2D eigenvalue weighted by atomic mass is 127. The van der Waals surface area contributed by atoms with Crippen molar-refractivity contribution in [3.8, 4) is 5.75 Å². The van der Waals surface area contributed by atoms with Crippen LogP contribution in [-0.4, -0.2) is 266 Å². The van der Waals surface area contributed by atoms with Gasteiger partial charge in [-0.05, 0) is 96.2 Å². The fourth-order valence-corrected chi connectivity index (χ4v) is 10.7. The van der Waals surface area contributed by atoms with Crippen LogP contribution < -0.4 is 31.6 Å². The number of aliphatic carboxylic acids is 3. The van der Waals surface area contributed by atoms with Crippen LogP contribution in [0.15, 0.2) is 75.0 Å². The molecular formula is C58H81F2IN16O11. The van der Waals surface area contributed by atoms with Crippen LogP contribution in [0.3, 0.4) is 0 Å². The van der Waals surface area contributed by atoms with Crippen LogP contribution in [-0.2, 0) is 28.8 Å². The number of carboxylic acid groups (broad SMARTS) is 3. The number of nitrogens with one attached hydrogen (secondary N) is 5. The molecule has 3 saturated heterocycles. The van der Waals surface area contributed by atoms with Gasteiger partial charge in [0.2, 0.25) is 17.7 Å². The lowest BCUT2D eigenvalue weighted by Crippen LogP contribution is -2.50. The summed E-state index contributed by atoms with van der Waals surface area (Å²) >= 11 is 2.23. The molecule has 27 nitrogen and oxygen atoms in total. The summed E-state index contributed by atoms with van der Waals surface area (Å²) in [5.41, 5.74) is 10.4. The Morgan fingerprint density at radius 3 is 2.02 bits per heavy atom. The number of pyridine rings is 1. The number of carboxylic acids is 3. The fourth-order valence-electron chi connectivity index (χ4n) is 10.3. The first-order chi connectivity index (χ1) is 42.3. The quantitative estimate of drug-likeness (QED) is 0.0150. The number of aromatic nitrogens is 1. The lowest BCUT2D eigenvalue weighted by Gasteiger charge is -2.33. The summed E-state index contributed by atoms with van der Waals surface area (Å²) in [5.74, 6) is -6.80. The van der Waals surface area contributed by atoms with E-state index >= 15 is 0 Å². The molecule has 2 aromatic carbocycles. The molecule has 0 bridgehead atoms. The molecule has 0 aliphatic carbocycles. The van der Waals surface area contributed by atoms with Crippen LogP contribution in [0.1, 0.15) is 67.3 Å². The second kappa shape index (κ2) is 36.7. The lowest BCUT2D eigenvalue weighted by atomic mass is 9.91. The summed E-state index contributed by atoms with van der Waals surface area (Å²) in [5, 5.41) is 47.6. The van der Waals surface area contributed by atoms with Gasteiger partial charge in [-0.2, -0.15) is 15.3 Å². The van der Waals surface area contributed by atoms with Crippen molar-refractivity contribution < 1.29 is 62.4 Å². The van der Waals surface area contributed by atoms with Gasteiger partial charge in [0.25, 0.3) is 11.8 Å². The summed E-state index contributed by atoms with van der Waals surface area (Å²) in [7, 11) is 1.45. The van der Waals surface area contributed by atoms with Crippen molar-refractivity contribution in [2.24, 2.45) is 26.2 Å². The number of aliphatic imine (C=N–C) groups is 1. The lowest BCUT2D eigenvalue weighted by molar-refractivity contribution is -0.140. The molecule has 3 aliphatic heterocycles. The number of halogens is 3. The minimum absolute atomic E-state index is 0.00767. The van der Waals surface area contributed by atoms with Gasteiger partial charge in [-0.15, -0.1) is 0 Å². The zero-order valence-corrected chi connectivity index (χ0v) is 51.6. The van der Waals surface area contributed by atoms with Crippen LogP contribution in [0, 0.1) is 9.49 Å². The average molecular weight is 1340 g/mol. The number of alkyl halides is 2. The first kappa shape index (κ1) is 69.5. The maximum Gasteiger partial charge on any atom is 0.317 e. The molecule has 3 fully saturated rings. The Morgan fingerprint density at radius 2 is 1.40 bits per heavy atom. The second-order valence-corrected chi connectivity index (χ2v) is 22.9. The predicted molar refractivity (Wildman–Crippen MR) is 335 cm³/mol. The van der Waals surface area contributed by atoms with Crippen LogP contribution in [0.25, 0.3) is 10.9 Å². The Bertz CT molecular complexity index is 2870. The number of fused-ring (bicyclic) bond motifs is 1. The van der Waals surface area contributed by atoms with E-state index in [1.54, 1.807) is 45.3 Å². The number of carbonyl (C=O) groups excluding carboxylic acids is 4. The summed E-state index contributed by atoms with van der Waals surface area (Å²) in [6.07, 6.45) is 11.8. The van der Waals surface area contributed by atoms with Gasteiger partial charge < -0.3 is 45.9 Å². The van der Waals surface area contributed by atoms with E-state index in [4.69, 9.17) is 4.74 Å². The van der Waals surface area contributed by atoms with E-state index in [2.05, 4.69) is 74.8 Å².